The number of hydrogen-bond acceptors (Lipinski definition) is 1. The maximum Gasteiger partial charge on any atom is 0.0420 e. The minimum absolute atomic E-state index is 0.759. The Morgan fingerprint density at radius 2 is 2.00 bits per heavy atom. The van der Waals surface area contributed by atoms with Crippen molar-refractivity contribution in [3.63, 3.8) is 0 Å². The van der Waals surface area contributed by atoms with Gasteiger partial charge in [-0.3, -0.25) is 4.99 Å². The fourth-order valence-corrected chi connectivity index (χ4v) is 1.96. The van der Waals surface area contributed by atoms with Gasteiger partial charge in [0.2, 0.25) is 0 Å². The van der Waals surface area contributed by atoms with Crippen LogP contribution >= 0.6 is 15.9 Å². The molecule has 0 spiro atoms. The zero-order valence-corrected chi connectivity index (χ0v) is 9.92. The van der Waals surface area contributed by atoms with Crippen LogP contribution in [0.1, 0.15) is 25.3 Å². The summed E-state index contributed by atoms with van der Waals surface area (Å²) in [4.78, 5) is 4.61. The van der Waals surface area contributed by atoms with Crippen LogP contribution < -0.4 is 0 Å². The molecule has 1 heterocycles. The number of benzene rings is 1. The summed E-state index contributed by atoms with van der Waals surface area (Å²) in [5, 5.41) is 0. The summed E-state index contributed by atoms with van der Waals surface area (Å²) in [6.07, 6.45) is 2.40. The van der Waals surface area contributed by atoms with Crippen molar-refractivity contribution in [1.29, 1.82) is 0 Å². The summed E-state index contributed by atoms with van der Waals surface area (Å²) in [6.45, 7) is 3.26. The van der Waals surface area contributed by atoms with Gasteiger partial charge >= 0.3 is 0 Å². The lowest BCUT2D eigenvalue weighted by Gasteiger charge is -2.17. The molecule has 0 saturated heterocycles. The Hall–Kier alpha value is -0.630. The van der Waals surface area contributed by atoms with Crippen LogP contribution in [0.25, 0.3) is 0 Å². The van der Waals surface area contributed by atoms with Crippen LogP contribution in [0.3, 0.4) is 0 Å². The van der Waals surface area contributed by atoms with Gasteiger partial charge in [0.15, 0.2) is 0 Å². The van der Waals surface area contributed by atoms with Gasteiger partial charge in [0.25, 0.3) is 0 Å². The van der Waals surface area contributed by atoms with Gasteiger partial charge < -0.3 is 0 Å². The van der Waals surface area contributed by atoms with Crippen LogP contribution in [0.15, 0.2) is 33.7 Å². The van der Waals surface area contributed by atoms with Crippen molar-refractivity contribution in [1.82, 2.24) is 0 Å². The zero-order valence-electron chi connectivity index (χ0n) is 8.33. The molecule has 2 rings (SSSR count). The van der Waals surface area contributed by atoms with E-state index in [1.807, 2.05) is 0 Å². The number of halogens is 1. The molecular formula is C12H14BrN. The maximum atomic E-state index is 4.61. The van der Waals surface area contributed by atoms with Gasteiger partial charge in [-0.05, 0) is 36.5 Å². The van der Waals surface area contributed by atoms with E-state index in [2.05, 4.69) is 52.1 Å². The van der Waals surface area contributed by atoms with Crippen LogP contribution in [-0.4, -0.2) is 12.3 Å². The van der Waals surface area contributed by atoms with E-state index < -0.39 is 0 Å². The molecule has 2 heteroatoms. The van der Waals surface area contributed by atoms with Crippen molar-refractivity contribution in [2.24, 2.45) is 10.9 Å². The minimum Gasteiger partial charge on any atom is -0.289 e. The summed E-state index contributed by atoms with van der Waals surface area (Å²) in [6, 6.07) is 8.43. The zero-order chi connectivity index (χ0) is 9.97. The molecule has 14 heavy (non-hydrogen) atoms. The first-order chi connectivity index (χ1) is 6.75. The second-order valence-corrected chi connectivity index (χ2v) is 4.85. The molecule has 74 valence electrons. The predicted octanol–water partition coefficient (Wildman–Crippen LogP) is 3.67. The highest BCUT2D eigenvalue weighted by molar-refractivity contribution is 9.10. The van der Waals surface area contributed by atoms with E-state index in [0.717, 1.165) is 23.4 Å². The first-order valence-electron chi connectivity index (χ1n) is 5.05. The Morgan fingerprint density at radius 3 is 2.57 bits per heavy atom. The predicted molar refractivity (Wildman–Crippen MR) is 63.9 cm³/mol. The molecule has 0 fully saturated rings. The molecule has 1 atom stereocenters. The first kappa shape index (κ1) is 9.91. The topological polar surface area (TPSA) is 12.4 Å². The summed E-state index contributed by atoms with van der Waals surface area (Å²) in [7, 11) is 0. The summed E-state index contributed by atoms with van der Waals surface area (Å²) in [5.41, 5.74) is 2.55. The number of hydrogen-bond donors (Lipinski definition) is 0. The number of aliphatic imine (C=N–C) groups is 1. The average Bonchev–Trinajstić information content (AvgIpc) is 2.21. The Labute approximate surface area is 93.4 Å². The average molecular weight is 252 g/mol. The lowest BCUT2D eigenvalue weighted by atomic mass is 9.96. The van der Waals surface area contributed by atoms with E-state index in [1.165, 1.54) is 17.7 Å². The van der Waals surface area contributed by atoms with Gasteiger partial charge in [-0.15, -0.1) is 0 Å². The highest BCUT2D eigenvalue weighted by Gasteiger charge is 2.12. The van der Waals surface area contributed by atoms with Crippen LogP contribution in [0.4, 0.5) is 0 Å². The van der Waals surface area contributed by atoms with Crippen molar-refractivity contribution >= 4 is 21.6 Å². The van der Waals surface area contributed by atoms with Gasteiger partial charge in [-0.25, -0.2) is 0 Å². The van der Waals surface area contributed by atoms with Crippen molar-refractivity contribution in [3.8, 4) is 0 Å². The normalized spacial score (nSPS) is 21.9. The molecule has 0 unspecified atom stereocenters. The first-order valence-corrected chi connectivity index (χ1v) is 5.84. The molecule has 1 aliphatic rings. The molecule has 1 nitrogen and oxygen atoms in total. The summed E-state index contributed by atoms with van der Waals surface area (Å²) < 4.78 is 1.13. The summed E-state index contributed by atoms with van der Waals surface area (Å²) in [5.74, 6) is 0.759. The summed E-state index contributed by atoms with van der Waals surface area (Å²) >= 11 is 3.44. The molecule has 0 aromatic heterocycles. The quantitative estimate of drug-likeness (QED) is 0.723. The maximum absolute atomic E-state index is 4.61. The fourth-order valence-electron chi connectivity index (χ4n) is 1.70. The Kier molecular flexibility index (Phi) is 3.02. The van der Waals surface area contributed by atoms with E-state index in [9.17, 15) is 0 Å². The third-order valence-corrected chi connectivity index (χ3v) is 3.17. The molecule has 1 aromatic rings. The molecule has 0 bridgehead atoms. The molecule has 0 saturated carbocycles. The monoisotopic (exact) mass is 251 g/mol. The molecule has 0 amide bonds. The van der Waals surface area contributed by atoms with Crippen LogP contribution in [0.5, 0.6) is 0 Å². The fraction of sp³-hybridized carbons (Fsp3) is 0.417. The molecule has 1 aromatic carbocycles. The van der Waals surface area contributed by atoms with E-state index in [4.69, 9.17) is 0 Å². The van der Waals surface area contributed by atoms with Gasteiger partial charge in [0.05, 0.1) is 0 Å². The van der Waals surface area contributed by atoms with E-state index in [-0.39, 0.29) is 0 Å². The molecule has 0 N–H and O–H groups in total. The standard InChI is InChI=1S/C12H14BrN/c1-9-2-7-12(14-8-9)10-3-5-11(13)6-4-10/h3-6,9H,2,7-8H2,1H3/t9-/m0/s1. The van der Waals surface area contributed by atoms with E-state index >= 15 is 0 Å². The number of nitrogens with zero attached hydrogens (tertiary/aromatic N) is 1. The van der Waals surface area contributed by atoms with Gasteiger partial charge in [-0.2, -0.15) is 0 Å². The molecule has 1 aliphatic heterocycles. The van der Waals surface area contributed by atoms with Crippen LogP contribution in [0, 0.1) is 5.92 Å². The molecule has 0 aliphatic carbocycles. The highest BCUT2D eigenvalue weighted by Crippen LogP contribution is 2.19. The molecule has 0 radical (unpaired) electrons. The molecular weight excluding hydrogens is 238 g/mol. The third kappa shape index (κ3) is 2.24. The SMILES string of the molecule is C[C@H]1CCC(c2ccc(Br)cc2)=NC1. The lowest BCUT2D eigenvalue weighted by Crippen LogP contribution is -2.13. The Bertz CT molecular complexity index is 340. The minimum atomic E-state index is 0.759. The number of rotatable bonds is 1. The van der Waals surface area contributed by atoms with E-state index in [1.54, 1.807) is 0 Å². The largest absolute Gasteiger partial charge is 0.289 e. The highest BCUT2D eigenvalue weighted by atomic mass is 79.9. The van der Waals surface area contributed by atoms with Gasteiger partial charge in [0.1, 0.15) is 0 Å². The van der Waals surface area contributed by atoms with Crippen LogP contribution in [-0.2, 0) is 0 Å². The van der Waals surface area contributed by atoms with Crippen LogP contribution in [0.2, 0.25) is 0 Å². The lowest BCUT2D eigenvalue weighted by molar-refractivity contribution is 0.538. The third-order valence-electron chi connectivity index (χ3n) is 2.65. The second kappa shape index (κ2) is 4.26. The van der Waals surface area contributed by atoms with Crippen molar-refractivity contribution in [2.45, 2.75) is 19.8 Å². The Balaban J connectivity index is 2.19. The van der Waals surface area contributed by atoms with Gasteiger partial charge in [0, 0.05) is 16.7 Å². The smallest absolute Gasteiger partial charge is 0.0420 e. The second-order valence-electron chi connectivity index (χ2n) is 3.94. The van der Waals surface area contributed by atoms with Crippen molar-refractivity contribution in [2.75, 3.05) is 6.54 Å². The Morgan fingerprint density at radius 1 is 1.29 bits per heavy atom. The van der Waals surface area contributed by atoms with E-state index in [0.29, 0.717) is 0 Å². The van der Waals surface area contributed by atoms with Crippen molar-refractivity contribution < 1.29 is 0 Å². The van der Waals surface area contributed by atoms with Crippen molar-refractivity contribution in [3.05, 3.63) is 34.3 Å². The van der Waals surface area contributed by atoms with Gasteiger partial charge in [-0.1, -0.05) is 35.0 Å².